The number of nitrogens with one attached hydrogen (secondary N) is 1. The number of carbonyl (C=O) groups excluding carboxylic acids is 1. The van der Waals surface area contributed by atoms with Gasteiger partial charge in [0.25, 0.3) is 11.5 Å². The Bertz CT molecular complexity index is 1200. The number of rotatable bonds is 4. The molecule has 5 nitrogen and oxygen atoms in total. The molecule has 1 aromatic carbocycles. The molecule has 2 heterocycles. The van der Waals surface area contributed by atoms with Gasteiger partial charge in [0.15, 0.2) is 5.57 Å². The Hall–Kier alpha value is -2.95. The van der Waals surface area contributed by atoms with Crippen molar-refractivity contribution in [3.05, 3.63) is 71.8 Å². The van der Waals surface area contributed by atoms with Crippen LogP contribution in [0.4, 0.5) is 0 Å². The van der Waals surface area contributed by atoms with Crippen molar-refractivity contribution in [2.45, 2.75) is 13.3 Å². The van der Waals surface area contributed by atoms with Gasteiger partial charge in [0, 0.05) is 7.05 Å². The second-order valence-electron chi connectivity index (χ2n) is 5.66. The van der Waals surface area contributed by atoms with Gasteiger partial charge in [0.1, 0.15) is 10.7 Å². The van der Waals surface area contributed by atoms with Gasteiger partial charge >= 0.3 is 0 Å². The lowest BCUT2D eigenvalue weighted by molar-refractivity contribution is -0.115. The zero-order valence-electron chi connectivity index (χ0n) is 14.9. The van der Waals surface area contributed by atoms with E-state index in [1.165, 1.54) is 11.6 Å². The molecule has 0 aliphatic heterocycles. The van der Waals surface area contributed by atoms with E-state index in [0.717, 1.165) is 28.9 Å². The highest BCUT2D eigenvalue weighted by Gasteiger charge is 2.17. The molecule has 0 aliphatic rings. The summed E-state index contributed by atoms with van der Waals surface area (Å²) in [4.78, 5) is 25.4. The van der Waals surface area contributed by atoms with E-state index in [4.69, 9.17) is 0 Å². The van der Waals surface area contributed by atoms with E-state index in [0.29, 0.717) is 14.9 Å². The van der Waals surface area contributed by atoms with Gasteiger partial charge in [-0.2, -0.15) is 16.6 Å². The van der Waals surface area contributed by atoms with Crippen LogP contribution in [-0.4, -0.2) is 17.5 Å². The first-order valence-electron chi connectivity index (χ1n) is 8.31. The van der Waals surface area contributed by atoms with Gasteiger partial charge in [0.2, 0.25) is 0 Å². The summed E-state index contributed by atoms with van der Waals surface area (Å²) in [5.41, 5.74) is 2.27. The number of thiazole rings is 1. The van der Waals surface area contributed by atoms with Crippen molar-refractivity contribution < 1.29 is 4.79 Å². The molecule has 1 amide bonds. The third-order valence-corrected chi connectivity index (χ3v) is 5.85. The molecule has 0 bridgehead atoms. The monoisotopic (exact) mass is 395 g/mol. The van der Waals surface area contributed by atoms with Gasteiger partial charge in [-0.3, -0.25) is 14.2 Å². The van der Waals surface area contributed by atoms with E-state index in [1.807, 2.05) is 54.1 Å². The molecule has 0 atom stereocenters. The molecule has 0 aliphatic carbocycles. The number of benzene rings is 1. The summed E-state index contributed by atoms with van der Waals surface area (Å²) in [5.74, 6) is -0.511. The highest BCUT2D eigenvalue weighted by molar-refractivity contribution is 7.08. The van der Waals surface area contributed by atoms with E-state index in [9.17, 15) is 14.9 Å². The van der Waals surface area contributed by atoms with Crippen LogP contribution in [0.5, 0.6) is 0 Å². The zero-order chi connectivity index (χ0) is 19.4. The molecule has 1 N–H and O–H groups in total. The summed E-state index contributed by atoms with van der Waals surface area (Å²) >= 11 is 2.69. The molecule has 2 aromatic heterocycles. The van der Waals surface area contributed by atoms with Crippen LogP contribution in [0.15, 0.2) is 45.9 Å². The van der Waals surface area contributed by atoms with Crippen LogP contribution < -0.4 is 20.1 Å². The molecule has 136 valence electrons. The lowest BCUT2D eigenvalue weighted by Gasteiger charge is -2.08. The van der Waals surface area contributed by atoms with E-state index in [-0.39, 0.29) is 11.1 Å². The smallest absolute Gasteiger partial charge is 0.273 e. The van der Waals surface area contributed by atoms with Gasteiger partial charge in [0.05, 0.1) is 10.2 Å². The molecule has 0 fully saturated rings. The van der Waals surface area contributed by atoms with E-state index in [2.05, 4.69) is 5.32 Å². The summed E-state index contributed by atoms with van der Waals surface area (Å²) < 4.78 is 2.30. The van der Waals surface area contributed by atoms with Crippen LogP contribution in [-0.2, 0) is 11.2 Å². The van der Waals surface area contributed by atoms with Gasteiger partial charge in [-0.05, 0) is 46.5 Å². The summed E-state index contributed by atoms with van der Waals surface area (Å²) in [6.45, 7) is 2.00. The number of carbonyl (C=O) groups is 1. The first kappa shape index (κ1) is 18.8. The van der Waals surface area contributed by atoms with Gasteiger partial charge in [-0.15, -0.1) is 11.3 Å². The maximum atomic E-state index is 13.2. The van der Waals surface area contributed by atoms with Crippen LogP contribution >= 0.6 is 22.7 Å². The Morgan fingerprint density at radius 1 is 1.33 bits per heavy atom. The van der Waals surface area contributed by atoms with E-state index >= 15 is 0 Å². The lowest BCUT2D eigenvalue weighted by atomic mass is 10.1. The number of amides is 1. The Labute approximate surface area is 164 Å². The highest BCUT2D eigenvalue weighted by Crippen LogP contribution is 2.13. The van der Waals surface area contributed by atoms with Crippen molar-refractivity contribution in [1.82, 2.24) is 9.88 Å². The first-order valence-corrected chi connectivity index (χ1v) is 10.1. The standard InChI is InChI=1S/C20H17N3O2S2/c1-3-14-6-4-5-7-16(14)23-19(25)17(10-13-8-9-26-12-13)27-20(23)15(11-21)18(24)22-2/h4-10,12H,3H2,1-2H3,(H,22,24)/b17-10+,20-15-. The largest absolute Gasteiger partial charge is 0.354 e. The molecule has 0 radical (unpaired) electrons. The molecule has 3 rings (SSSR count). The first-order chi connectivity index (χ1) is 13.1. The van der Waals surface area contributed by atoms with Crippen LogP contribution in [0.3, 0.4) is 0 Å². The van der Waals surface area contributed by atoms with Gasteiger partial charge in [-0.1, -0.05) is 25.1 Å². The van der Waals surface area contributed by atoms with Gasteiger partial charge in [-0.25, -0.2) is 0 Å². The predicted molar refractivity (Wildman–Crippen MR) is 110 cm³/mol. The second kappa shape index (κ2) is 8.16. The Balaban J connectivity index is 2.47. The fourth-order valence-corrected chi connectivity index (χ4v) is 4.44. The number of aryl methyl sites for hydroxylation is 1. The fourth-order valence-electron chi connectivity index (χ4n) is 2.73. The van der Waals surface area contributed by atoms with Crippen LogP contribution in [0.1, 0.15) is 18.1 Å². The minimum absolute atomic E-state index is 0.0736. The number of thiophene rings is 1. The second-order valence-corrected chi connectivity index (χ2v) is 7.47. The third kappa shape index (κ3) is 3.63. The molecule has 3 aromatic rings. The maximum Gasteiger partial charge on any atom is 0.273 e. The van der Waals surface area contributed by atoms with Gasteiger partial charge < -0.3 is 5.32 Å². The van der Waals surface area contributed by atoms with E-state index in [1.54, 1.807) is 17.4 Å². The normalized spacial score (nSPS) is 12.6. The van der Waals surface area contributed by atoms with E-state index < -0.39 is 5.91 Å². The number of para-hydroxylation sites is 1. The molecule has 0 saturated carbocycles. The van der Waals surface area contributed by atoms with Crippen molar-refractivity contribution in [1.29, 1.82) is 5.26 Å². The molecule has 0 saturated heterocycles. The number of hydrogen-bond acceptors (Lipinski definition) is 5. The summed E-state index contributed by atoms with van der Waals surface area (Å²) in [6.07, 6.45) is 2.51. The predicted octanol–water partition coefficient (Wildman–Crippen LogP) is 1.77. The quantitative estimate of drug-likeness (QED) is 0.732. The lowest BCUT2D eigenvalue weighted by Crippen LogP contribution is -2.33. The molecule has 27 heavy (non-hydrogen) atoms. The maximum absolute atomic E-state index is 13.2. The SMILES string of the molecule is CCc1ccccc1-n1c(=O)/c(=C\c2ccsc2)s/c1=C(/C#N)C(=O)NC. The number of aromatic nitrogens is 1. The molecular weight excluding hydrogens is 378 g/mol. The average molecular weight is 396 g/mol. The zero-order valence-corrected chi connectivity index (χ0v) is 16.5. The van der Waals surface area contributed by atoms with Crippen molar-refractivity contribution in [3.8, 4) is 11.8 Å². The van der Waals surface area contributed by atoms with Crippen LogP contribution in [0, 0.1) is 11.3 Å². The molecule has 0 spiro atoms. The van der Waals surface area contributed by atoms with Crippen LogP contribution in [0.25, 0.3) is 17.3 Å². The molecule has 7 heteroatoms. The minimum atomic E-state index is -0.511. The summed E-state index contributed by atoms with van der Waals surface area (Å²) in [6, 6.07) is 11.4. The number of hydrogen-bond donors (Lipinski definition) is 1. The Morgan fingerprint density at radius 2 is 2.11 bits per heavy atom. The summed E-state index contributed by atoms with van der Waals surface area (Å²) in [7, 11) is 1.47. The number of nitriles is 1. The summed E-state index contributed by atoms with van der Waals surface area (Å²) in [5, 5.41) is 15.9. The topological polar surface area (TPSA) is 74.9 Å². The fraction of sp³-hybridized carbons (Fsp3) is 0.150. The van der Waals surface area contributed by atoms with Crippen molar-refractivity contribution in [2.75, 3.05) is 7.05 Å². The molecule has 0 unspecified atom stereocenters. The minimum Gasteiger partial charge on any atom is -0.354 e. The third-order valence-electron chi connectivity index (χ3n) is 4.06. The van der Waals surface area contributed by atoms with Crippen molar-refractivity contribution in [2.24, 2.45) is 0 Å². The van der Waals surface area contributed by atoms with Crippen LogP contribution in [0.2, 0.25) is 0 Å². The van der Waals surface area contributed by atoms with Crippen molar-refractivity contribution >= 4 is 40.2 Å². The average Bonchev–Trinajstić information content (AvgIpc) is 3.31. The Kier molecular flexibility index (Phi) is 5.69. The number of nitrogens with zero attached hydrogens (tertiary/aromatic N) is 2. The van der Waals surface area contributed by atoms with Crippen molar-refractivity contribution in [3.63, 3.8) is 0 Å². The highest BCUT2D eigenvalue weighted by atomic mass is 32.1. The molecular formula is C20H17N3O2S2. The Morgan fingerprint density at radius 3 is 2.74 bits per heavy atom.